The summed E-state index contributed by atoms with van der Waals surface area (Å²) in [5.74, 6) is 0.269. The maximum Gasteiger partial charge on any atom is 0.157 e. The summed E-state index contributed by atoms with van der Waals surface area (Å²) < 4.78 is 1.85. The lowest BCUT2D eigenvalue weighted by atomic mass is 10.0. The van der Waals surface area contributed by atoms with E-state index in [-0.39, 0.29) is 11.8 Å². The highest BCUT2D eigenvalue weighted by atomic mass is 35.5. The second-order valence-corrected chi connectivity index (χ2v) is 6.04. The molecule has 20 heavy (non-hydrogen) atoms. The molecule has 3 saturated heterocycles. The predicted molar refractivity (Wildman–Crippen MR) is 78.2 cm³/mol. The zero-order valence-electron chi connectivity index (χ0n) is 12.1. The van der Waals surface area contributed by atoms with Crippen molar-refractivity contribution in [2.24, 2.45) is 0 Å². The molecule has 0 radical (unpaired) electrons. The smallest absolute Gasteiger partial charge is 0.157 e. The van der Waals surface area contributed by atoms with E-state index in [2.05, 4.69) is 14.9 Å². The van der Waals surface area contributed by atoms with Crippen molar-refractivity contribution in [2.75, 3.05) is 32.7 Å². The molecule has 1 aromatic rings. The highest BCUT2D eigenvalue weighted by molar-refractivity contribution is 6.32. The number of carbonyl (C=O) groups is 1. The first kappa shape index (κ1) is 14.0. The molecule has 1 atom stereocenters. The quantitative estimate of drug-likeness (QED) is 0.830. The van der Waals surface area contributed by atoms with Crippen molar-refractivity contribution in [1.29, 1.82) is 0 Å². The Morgan fingerprint density at radius 3 is 2.60 bits per heavy atom. The van der Waals surface area contributed by atoms with Crippen LogP contribution in [0.3, 0.4) is 0 Å². The van der Waals surface area contributed by atoms with Gasteiger partial charge in [0.2, 0.25) is 0 Å². The van der Waals surface area contributed by atoms with Crippen molar-refractivity contribution in [1.82, 2.24) is 19.6 Å². The van der Waals surface area contributed by atoms with Gasteiger partial charge in [0.1, 0.15) is 0 Å². The lowest BCUT2D eigenvalue weighted by Crippen LogP contribution is -2.63. The fraction of sp³-hybridized carbons (Fsp3) is 0.714. The van der Waals surface area contributed by atoms with Gasteiger partial charge in [0.25, 0.3) is 0 Å². The minimum atomic E-state index is 0.0362. The summed E-state index contributed by atoms with van der Waals surface area (Å²) in [5, 5.41) is 5.03. The SMILES string of the molecule is CCn1nc(C)c(Cl)c1CC(=O)C1CN2CCN1CC2. The van der Waals surface area contributed by atoms with Gasteiger partial charge in [0, 0.05) is 39.3 Å². The van der Waals surface area contributed by atoms with Crippen LogP contribution in [0.5, 0.6) is 0 Å². The molecule has 6 heteroatoms. The zero-order chi connectivity index (χ0) is 14.3. The maximum absolute atomic E-state index is 12.6. The first-order chi connectivity index (χ1) is 9.60. The van der Waals surface area contributed by atoms with E-state index in [0.717, 1.165) is 50.7 Å². The summed E-state index contributed by atoms with van der Waals surface area (Å²) in [6.07, 6.45) is 0.391. The van der Waals surface area contributed by atoms with Gasteiger partial charge in [0.15, 0.2) is 5.78 Å². The maximum atomic E-state index is 12.6. The molecule has 0 amide bonds. The van der Waals surface area contributed by atoms with Crippen LogP contribution in [0.25, 0.3) is 0 Å². The van der Waals surface area contributed by atoms with E-state index in [0.29, 0.717) is 11.4 Å². The van der Waals surface area contributed by atoms with Crippen molar-refractivity contribution >= 4 is 17.4 Å². The number of carbonyl (C=O) groups excluding carboxylic acids is 1. The van der Waals surface area contributed by atoms with Gasteiger partial charge >= 0.3 is 0 Å². The van der Waals surface area contributed by atoms with E-state index in [4.69, 9.17) is 11.6 Å². The van der Waals surface area contributed by atoms with Crippen molar-refractivity contribution in [3.05, 3.63) is 16.4 Å². The second-order valence-electron chi connectivity index (χ2n) is 5.66. The van der Waals surface area contributed by atoms with E-state index in [1.54, 1.807) is 0 Å². The van der Waals surface area contributed by atoms with E-state index in [9.17, 15) is 4.79 Å². The normalized spacial score (nSPS) is 28.9. The second kappa shape index (κ2) is 5.47. The molecule has 3 aliphatic heterocycles. The summed E-state index contributed by atoms with van der Waals surface area (Å²) in [6.45, 7) is 9.74. The molecule has 4 heterocycles. The monoisotopic (exact) mass is 296 g/mol. The molecule has 0 N–H and O–H groups in total. The first-order valence-electron chi connectivity index (χ1n) is 7.31. The van der Waals surface area contributed by atoms with E-state index >= 15 is 0 Å². The lowest BCUT2D eigenvalue weighted by molar-refractivity contribution is -0.128. The number of nitrogens with zero attached hydrogens (tertiary/aromatic N) is 4. The van der Waals surface area contributed by atoms with Gasteiger partial charge in [-0.15, -0.1) is 0 Å². The molecule has 5 nitrogen and oxygen atoms in total. The molecule has 2 bridgehead atoms. The van der Waals surface area contributed by atoms with E-state index in [1.807, 2.05) is 18.5 Å². The number of aryl methyl sites for hydroxylation is 2. The molecule has 3 aliphatic rings. The topological polar surface area (TPSA) is 41.4 Å². The van der Waals surface area contributed by atoms with Crippen LogP contribution < -0.4 is 0 Å². The van der Waals surface area contributed by atoms with Crippen LogP contribution in [0.4, 0.5) is 0 Å². The first-order valence-corrected chi connectivity index (χ1v) is 7.68. The van der Waals surface area contributed by atoms with Gasteiger partial charge in [-0.2, -0.15) is 5.10 Å². The molecular formula is C14H21ClN4O. The fourth-order valence-corrected chi connectivity index (χ4v) is 3.45. The van der Waals surface area contributed by atoms with Gasteiger partial charge in [-0.25, -0.2) is 0 Å². The highest BCUT2D eigenvalue weighted by Crippen LogP contribution is 2.23. The summed E-state index contributed by atoms with van der Waals surface area (Å²) in [6, 6.07) is 0.0362. The number of aromatic nitrogens is 2. The lowest BCUT2D eigenvalue weighted by Gasteiger charge is -2.46. The molecule has 1 aromatic heterocycles. The number of ketones is 1. The molecule has 4 rings (SSSR count). The number of fused-ring (bicyclic) bond motifs is 3. The van der Waals surface area contributed by atoms with Crippen molar-refractivity contribution in [3.8, 4) is 0 Å². The average Bonchev–Trinajstić information content (AvgIpc) is 2.76. The van der Waals surface area contributed by atoms with Crippen molar-refractivity contribution in [3.63, 3.8) is 0 Å². The average molecular weight is 297 g/mol. The van der Waals surface area contributed by atoms with Gasteiger partial charge in [-0.1, -0.05) is 11.6 Å². The standard InChI is InChI=1S/C14H21ClN4O/c1-3-19-11(14(15)10(2)16-19)8-13(20)12-9-17-4-6-18(12)7-5-17/h12H,3-9H2,1-2H3. The Hall–Kier alpha value is -0.910. The summed E-state index contributed by atoms with van der Waals surface area (Å²) in [5.41, 5.74) is 1.68. The Bertz CT molecular complexity index is 519. The van der Waals surface area contributed by atoms with Gasteiger partial charge < -0.3 is 0 Å². The highest BCUT2D eigenvalue weighted by Gasteiger charge is 2.36. The van der Waals surface area contributed by atoms with E-state index in [1.165, 1.54) is 0 Å². The van der Waals surface area contributed by atoms with Crippen LogP contribution in [0.1, 0.15) is 18.3 Å². The van der Waals surface area contributed by atoms with E-state index < -0.39 is 0 Å². The van der Waals surface area contributed by atoms with Gasteiger partial charge in [0.05, 0.1) is 28.9 Å². The Balaban J connectivity index is 1.76. The van der Waals surface area contributed by atoms with Crippen molar-refractivity contribution < 1.29 is 4.79 Å². The molecule has 0 spiro atoms. The summed E-state index contributed by atoms with van der Waals surface area (Å²) >= 11 is 6.30. The zero-order valence-corrected chi connectivity index (χ0v) is 12.9. The van der Waals surface area contributed by atoms with Crippen LogP contribution in [0.2, 0.25) is 5.02 Å². The Kier molecular flexibility index (Phi) is 3.84. The fourth-order valence-electron chi connectivity index (χ4n) is 3.24. The molecule has 1 unspecified atom stereocenters. The molecule has 0 aromatic carbocycles. The third-order valence-corrected chi connectivity index (χ3v) is 4.94. The Morgan fingerprint density at radius 2 is 2.05 bits per heavy atom. The van der Waals surface area contributed by atoms with Crippen LogP contribution in [0, 0.1) is 6.92 Å². The summed E-state index contributed by atoms with van der Waals surface area (Å²) in [4.78, 5) is 17.3. The number of halogens is 1. The third-order valence-electron chi connectivity index (χ3n) is 4.44. The number of piperazine rings is 3. The van der Waals surface area contributed by atoms with Gasteiger partial charge in [-0.05, 0) is 13.8 Å². The third kappa shape index (κ3) is 2.38. The Morgan fingerprint density at radius 1 is 1.35 bits per heavy atom. The molecule has 110 valence electrons. The molecule has 0 aliphatic carbocycles. The molecule has 3 fully saturated rings. The number of hydrogen-bond acceptors (Lipinski definition) is 4. The largest absolute Gasteiger partial charge is 0.299 e. The predicted octanol–water partition coefficient (Wildman–Crippen LogP) is 0.976. The molecular weight excluding hydrogens is 276 g/mol. The number of hydrogen-bond donors (Lipinski definition) is 0. The van der Waals surface area contributed by atoms with Crippen molar-refractivity contribution in [2.45, 2.75) is 32.9 Å². The minimum Gasteiger partial charge on any atom is -0.299 e. The minimum absolute atomic E-state index is 0.0362. The van der Waals surface area contributed by atoms with Crippen LogP contribution in [-0.2, 0) is 17.8 Å². The number of rotatable bonds is 4. The van der Waals surface area contributed by atoms with Crippen LogP contribution >= 0.6 is 11.6 Å². The van der Waals surface area contributed by atoms with Crippen LogP contribution in [-0.4, -0.2) is 64.1 Å². The Labute approximate surface area is 124 Å². The summed E-state index contributed by atoms with van der Waals surface area (Å²) in [7, 11) is 0. The van der Waals surface area contributed by atoms with Crippen LogP contribution in [0.15, 0.2) is 0 Å². The number of Topliss-reactive ketones (excluding diaryl/α,β-unsaturated/α-hetero) is 1. The molecule has 0 saturated carbocycles. The van der Waals surface area contributed by atoms with Gasteiger partial charge in [-0.3, -0.25) is 19.3 Å².